The van der Waals surface area contributed by atoms with Crippen LogP contribution in [0, 0.1) is 0 Å². The molecular weight excluding hydrogens is 274 g/mol. The van der Waals surface area contributed by atoms with Crippen LogP contribution < -0.4 is 10.6 Å². The van der Waals surface area contributed by atoms with Crippen LogP contribution in [-0.2, 0) is 0 Å². The number of nitrogens with one attached hydrogen (secondary N) is 2. The third-order valence-electron chi connectivity index (χ3n) is 3.05. The van der Waals surface area contributed by atoms with Crippen LogP contribution in [-0.4, -0.2) is 17.9 Å². The summed E-state index contributed by atoms with van der Waals surface area (Å²) in [4.78, 5) is 16.3. The Morgan fingerprint density at radius 2 is 2.05 bits per heavy atom. The average molecular weight is 290 g/mol. The molecule has 5 heteroatoms. The first-order valence-corrected chi connectivity index (χ1v) is 6.68. The molecule has 0 aliphatic carbocycles. The first-order chi connectivity index (χ1) is 9.63. The summed E-state index contributed by atoms with van der Waals surface area (Å²) in [5.41, 5.74) is 2.13. The highest BCUT2D eigenvalue weighted by atomic mass is 35.5. The molecule has 1 unspecified atom stereocenters. The zero-order valence-corrected chi connectivity index (χ0v) is 12.1. The second-order valence-electron chi connectivity index (χ2n) is 4.39. The number of anilines is 1. The van der Waals surface area contributed by atoms with Gasteiger partial charge >= 0.3 is 0 Å². The standard InChI is InChI=1S/C15H16ClN3O/c1-10(11-5-3-4-6-13(11)16)19-15(20)12-9-18-8-7-14(12)17-2/h3-10H,1-2H3,(H,17,18)(H,19,20). The molecule has 0 fully saturated rings. The molecule has 1 aromatic heterocycles. The molecule has 1 heterocycles. The van der Waals surface area contributed by atoms with Crippen LogP contribution in [0.2, 0.25) is 5.02 Å². The molecule has 2 N–H and O–H groups in total. The van der Waals surface area contributed by atoms with Crippen molar-refractivity contribution in [2.45, 2.75) is 13.0 Å². The van der Waals surface area contributed by atoms with Gasteiger partial charge in [-0.2, -0.15) is 0 Å². The SMILES string of the molecule is CNc1ccncc1C(=O)NC(C)c1ccccc1Cl. The summed E-state index contributed by atoms with van der Waals surface area (Å²) in [6, 6.07) is 9.04. The number of benzene rings is 1. The molecule has 104 valence electrons. The number of halogens is 1. The van der Waals surface area contributed by atoms with Crippen LogP contribution in [0.1, 0.15) is 28.9 Å². The van der Waals surface area contributed by atoms with Crippen molar-refractivity contribution in [2.24, 2.45) is 0 Å². The molecule has 0 bridgehead atoms. The predicted octanol–water partition coefficient (Wildman–Crippen LogP) is 3.27. The highest BCUT2D eigenvalue weighted by molar-refractivity contribution is 6.31. The normalized spacial score (nSPS) is 11.8. The molecule has 2 aromatic rings. The van der Waals surface area contributed by atoms with Crippen LogP contribution in [0.4, 0.5) is 5.69 Å². The van der Waals surface area contributed by atoms with Gasteiger partial charge in [0, 0.05) is 30.2 Å². The van der Waals surface area contributed by atoms with Crippen LogP contribution in [0.15, 0.2) is 42.7 Å². The van der Waals surface area contributed by atoms with Crippen LogP contribution in [0.25, 0.3) is 0 Å². The van der Waals surface area contributed by atoms with E-state index in [0.717, 1.165) is 11.3 Å². The van der Waals surface area contributed by atoms with E-state index >= 15 is 0 Å². The number of amides is 1. The lowest BCUT2D eigenvalue weighted by Gasteiger charge is -2.16. The van der Waals surface area contributed by atoms with Gasteiger partial charge < -0.3 is 10.6 Å². The minimum Gasteiger partial charge on any atom is -0.387 e. The lowest BCUT2D eigenvalue weighted by molar-refractivity contribution is 0.0940. The van der Waals surface area contributed by atoms with Gasteiger partial charge in [0.2, 0.25) is 0 Å². The minimum atomic E-state index is -0.185. The smallest absolute Gasteiger partial charge is 0.255 e. The van der Waals surface area contributed by atoms with E-state index in [1.54, 1.807) is 25.5 Å². The van der Waals surface area contributed by atoms with Crippen LogP contribution in [0.3, 0.4) is 0 Å². The summed E-state index contributed by atoms with van der Waals surface area (Å²) in [5.74, 6) is -0.185. The van der Waals surface area contributed by atoms with Gasteiger partial charge in [-0.05, 0) is 24.6 Å². The van der Waals surface area contributed by atoms with E-state index in [1.807, 2.05) is 31.2 Å². The third kappa shape index (κ3) is 3.08. The molecule has 0 aliphatic rings. The quantitative estimate of drug-likeness (QED) is 0.908. The largest absolute Gasteiger partial charge is 0.387 e. The van der Waals surface area contributed by atoms with Gasteiger partial charge in [0.15, 0.2) is 0 Å². The number of nitrogens with zero attached hydrogens (tertiary/aromatic N) is 1. The highest BCUT2D eigenvalue weighted by Gasteiger charge is 2.16. The summed E-state index contributed by atoms with van der Waals surface area (Å²) in [5, 5.41) is 6.54. The number of hydrogen-bond donors (Lipinski definition) is 2. The molecule has 1 aromatic carbocycles. The fourth-order valence-electron chi connectivity index (χ4n) is 1.97. The van der Waals surface area contributed by atoms with Gasteiger partial charge in [0.1, 0.15) is 0 Å². The van der Waals surface area contributed by atoms with Gasteiger partial charge in [-0.3, -0.25) is 9.78 Å². The summed E-state index contributed by atoms with van der Waals surface area (Å²) in [7, 11) is 1.77. The van der Waals surface area contributed by atoms with Crippen molar-refractivity contribution in [1.82, 2.24) is 10.3 Å². The molecule has 1 amide bonds. The third-order valence-corrected chi connectivity index (χ3v) is 3.40. The topological polar surface area (TPSA) is 54.0 Å². The minimum absolute atomic E-state index is 0.180. The van der Waals surface area contributed by atoms with E-state index < -0.39 is 0 Å². The molecule has 0 radical (unpaired) electrons. The van der Waals surface area contributed by atoms with Crippen molar-refractivity contribution in [1.29, 1.82) is 0 Å². The summed E-state index contributed by atoms with van der Waals surface area (Å²) >= 11 is 6.13. The molecule has 1 atom stereocenters. The molecule has 0 saturated carbocycles. The zero-order chi connectivity index (χ0) is 14.5. The van der Waals surface area contributed by atoms with E-state index in [9.17, 15) is 4.79 Å². The van der Waals surface area contributed by atoms with Gasteiger partial charge in [-0.1, -0.05) is 29.8 Å². The van der Waals surface area contributed by atoms with Crippen molar-refractivity contribution < 1.29 is 4.79 Å². The molecule has 2 rings (SSSR count). The molecule has 0 spiro atoms. The first kappa shape index (κ1) is 14.3. The van der Waals surface area contributed by atoms with Crippen molar-refractivity contribution in [3.8, 4) is 0 Å². The maximum atomic E-state index is 12.3. The van der Waals surface area contributed by atoms with Crippen molar-refractivity contribution in [3.63, 3.8) is 0 Å². The molecule has 4 nitrogen and oxygen atoms in total. The van der Waals surface area contributed by atoms with E-state index in [1.165, 1.54) is 0 Å². The molecule has 0 saturated heterocycles. The maximum Gasteiger partial charge on any atom is 0.255 e. The van der Waals surface area contributed by atoms with Crippen molar-refractivity contribution >= 4 is 23.2 Å². The second kappa shape index (κ2) is 6.39. The van der Waals surface area contributed by atoms with Crippen molar-refractivity contribution in [2.75, 3.05) is 12.4 Å². The monoisotopic (exact) mass is 289 g/mol. The van der Waals surface area contributed by atoms with E-state index in [4.69, 9.17) is 11.6 Å². The van der Waals surface area contributed by atoms with E-state index in [2.05, 4.69) is 15.6 Å². The van der Waals surface area contributed by atoms with E-state index in [0.29, 0.717) is 10.6 Å². The number of rotatable bonds is 4. The van der Waals surface area contributed by atoms with Gasteiger partial charge in [0.25, 0.3) is 5.91 Å². The highest BCUT2D eigenvalue weighted by Crippen LogP contribution is 2.23. The number of carbonyl (C=O) groups excluding carboxylic acids is 1. The lowest BCUT2D eigenvalue weighted by Crippen LogP contribution is -2.27. The van der Waals surface area contributed by atoms with Gasteiger partial charge in [-0.15, -0.1) is 0 Å². The van der Waals surface area contributed by atoms with Crippen LogP contribution >= 0.6 is 11.6 Å². The molecule has 0 aliphatic heterocycles. The van der Waals surface area contributed by atoms with Crippen LogP contribution in [0.5, 0.6) is 0 Å². The predicted molar refractivity (Wildman–Crippen MR) is 81.1 cm³/mol. The molecular formula is C15H16ClN3O. The maximum absolute atomic E-state index is 12.3. The summed E-state index contributed by atoms with van der Waals surface area (Å²) in [6.45, 7) is 1.90. The average Bonchev–Trinajstić information content (AvgIpc) is 2.47. The Balaban J connectivity index is 2.18. The molecule has 20 heavy (non-hydrogen) atoms. The lowest BCUT2D eigenvalue weighted by atomic mass is 10.1. The van der Waals surface area contributed by atoms with E-state index in [-0.39, 0.29) is 11.9 Å². The second-order valence-corrected chi connectivity index (χ2v) is 4.80. The summed E-state index contributed by atoms with van der Waals surface area (Å²) in [6.07, 6.45) is 3.18. The Morgan fingerprint density at radius 3 is 2.75 bits per heavy atom. The Hall–Kier alpha value is -2.07. The number of hydrogen-bond acceptors (Lipinski definition) is 3. The Bertz CT molecular complexity index is 616. The number of aromatic nitrogens is 1. The Kier molecular flexibility index (Phi) is 4.58. The fraction of sp³-hybridized carbons (Fsp3) is 0.200. The zero-order valence-electron chi connectivity index (χ0n) is 11.4. The van der Waals surface area contributed by atoms with Gasteiger partial charge in [-0.25, -0.2) is 0 Å². The Labute approximate surface area is 123 Å². The Morgan fingerprint density at radius 1 is 1.30 bits per heavy atom. The number of pyridine rings is 1. The van der Waals surface area contributed by atoms with Gasteiger partial charge in [0.05, 0.1) is 11.6 Å². The summed E-state index contributed by atoms with van der Waals surface area (Å²) < 4.78 is 0. The fourth-order valence-corrected chi connectivity index (χ4v) is 2.27. The number of carbonyl (C=O) groups is 1. The first-order valence-electron chi connectivity index (χ1n) is 6.30. The van der Waals surface area contributed by atoms with Crippen molar-refractivity contribution in [3.05, 3.63) is 58.9 Å².